The van der Waals surface area contributed by atoms with Gasteiger partial charge in [0, 0.05) is 31.8 Å². The number of carbonyl (C=O) groups is 1. The number of benzene rings is 1. The van der Waals surface area contributed by atoms with E-state index in [1.165, 1.54) is 24.0 Å². The maximum atomic E-state index is 13.4. The molecule has 1 N–H and O–H groups in total. The van der Waals surface area contributed by atoms with Gasteiger partial charge in [-0.1, -0.05) is 6.07 Å². The number of hydrogen-bond donors (Lipinski definition) is 1. The van der Waals surface area contributed by atoms with Crippen molar-refractivity contribution in [3.05, 3.63) is 53.2 Å². The number of anilines is 2. The van der Waals surface area contributed by atoms with Gasteiger partial charge in [-0.25, -0.2) is 9.78 Å². The van der Waals surface area contributed by atoms with E-state index in [1.807, 2.05) is 6.92 Å². The lowest BCUT2D eigenvalue weighted by molar-refractivity contribution is -0.137. The zero-order valence-corrected chi connectivity index (χ0v) is 17.1. The fourth-order valence-corrected chi connectivity index (χ4v) is 3.68. The number of likely N-dealkylation sites (N-methyl/N-ethyl adjacent to an activating group) is 1. The molecule has 1 aromatic carbocycles. The Labute approximate surface area is 177 Å². The molecule has 0 unspecified atom stereocenters. The van der Waals surface area contributed by atoms with Gasteiger partial charge in [-0.2, -0.15) is 13.2 Å². The van der Waals surface area contributed by atoms with Gasteiger partial charge in [-0.3, -0.25) is 4.79 Å². The van der Waals surface area contributed by atoms with Crippen LogP contribution in [-0.2, 0) is 22.2 Å². The monoisotopic (exact) mass is 433 g/mol. The third kappa shape index (κ3) is 4.88. The Morgan fingerprint density at radius 2 is 2.10 bits per heavy atom. The van der Waals surface area contributed by atoms with Gasteiger partial charge in [0.25, 0.3) is 0 Å². The first-order valence-corrected chi connectivity index (χ1v) is 9.73. The summed E-state index contributed by atoms with van der Waals surface area (Å²) in [6.07, 6.45) is -2.58. The molecule has 1 saturated heterocycles. The Balaban J connectivity index is 1.96. The van der Waals surface area contributed by atoms with Gasteiger partial charge in [-0.05, 0) is 49.6 Å². The minimum absolute atomic E-state index is 0.0295. The number of amides is 1. The molecule has 31 heavy (non-hydrogen) atoms. The Bertz CT molecular complexity index is 1030. The number of aromatic hydroxyl groups is 1. The van der Waals surface area contributed by atoms with E-state index >= 15 is 0 Å². The summed E-state index contributed by atoms with van der Waals surface area (Å²) in [4.78, 5) is 30.8. The van der Waals surface area contributed by atoms with Crippen molar-refractivity contribution in [2.75, 3.05) is 23.4 Å². The number of pyridine rings is 1. The lowest BCUT2D eigenvalue weighted by atomic mass is 10.1. The summed E-state index contributed by atoms with van der Waals surface area (Å²) in [6, 6.07) is 5.95. The zero-order valence-electron chi connectivity index (χ0n) is 17.1. The Hall–Kier alpha value is -3.32. The van der Waals surface area contributed by atoms with Crippen molar-refractivity contribution in [3.63, 3.8) is 0 Å². The van der Waals surface area contributed by atoms with Crippen LogP contribution < -0.4 is 9.80 Å². The second-order valence-corrected chi connectivity index (χ2v) is 7.47. The predicted octanol–water partition coefficient (Wildman–Crippen LogP) is 3.68. The molecule has 6 nitrogen and oxygen atoms in total. The average molecular weight is 433 g/mol. The summed E-state index contributed by atoms with van der Waals surface area (Å²) in [5.74, 6) is 1.15. The van der Waals surface area contributed by atoms with Crippen LogP contribution >= 0.6 is 0 Å². The van der Waals surface area contributed by atoms with Crippen molar-refractivity contribution >= 4 is 23.4 Å². The highest BCUT2D eigenvalue weighted by Crippen LogP contribution is 2.35. The van der Waals surface area contributed by atoms with Crippen LogP contribution in [0.25, 0.3) is 0 Å². The molecule has 1 aromatic heterocycles. The molecule has 164 valence electrons. The maximum Gasteiger partial charge on any atom is 0.416 e. The molecule has 1 aliphatic rings. The molecule has 1 aliphatic heterocycles. The molecular formula is C22H22F3N3O3. The number of rotatable bonds is 5. The quantitative estimate of drug-likeness (QED) is 0.729. The zero-order chi connectivity index (χ0) is 22.8. The highest BCUT2D eigenvalue weighted by molar-refractivity contribution is 6.00. The summed E-state index contributed by atoms with van der Waals surface area (Å²) < 4.78 is 40.2. The minimum atomic E-state index is -4.60. The molecule has 2 heterocycles. The molecule has 9 heteroatoms. The second-order valence-electron chi connectivity index (χ2n) is 7.47. The van der Waals surface area contributed by atoms with Gasteiger partial charge in [-0.15, -0.1) is 0 Å². The number of carbonyl (C=O) groups excluding carboxylic acids is 2. The molecule has 0 radical (unpaired) electrons. The van der Waals surface area contributed by atoms with Gasteiger partial charge in [0.1, 0.15) is 23.6 Å². The normalized spacial score (nSPS) is 16.2. The molecule has 3 rings (SSSR count). The minimum Gasteiger partial charge on any atom is -0.506 e. The highest BCUT2D eigenvalue weighted by Gasteiger charge is 2.37. The molecule has 1 atom stereocenters. The van der Waals surface area contributed by atoms with Crippen LogP contribution in [0, 0.1) is 6.92 Å². The largest absolute Gasteiger partial charge is 0.506 e. The second kappa shape index (κ2) is 8.81. The van der Waals surface area contributed by atoms with Crippen LogP contribution in [0.2, 0.25) is 0 Å². The van der Waals surface area contributed by atoms with E-state index in [-0.39, 0.29) is 29.6 Å². The van der Waals surface area contributed by atoms with E-state index < -0.39 is 17.8 Å². The van der Waals surface area contributed by atoms with Crippen molar-refractivity contribution < 1.29 is 27.9 Å². The first-order chi connectivity index (χ1) is 14.6. The van der Waals surface area contributed by atoms with Crippen molar-refractivity contribution in [3.8, 4) is 5.75 Å². The molecule has 1 fully saturated rings. The lowest BCUT2D eigenvalue weighted by Gasteiger charge is -2.30. The number of allylic oxidation sites excluding steroid dienone is 1. The van der Waals surface area contributed by atoms with E-state index in [1.54, 1.807) is 17.0 Å². The van der Waals surface area contributed by atoms with E-state index in [0.29, 0.717) is 25.1 Å². The van der Waals surface area contributed by atoms with Crippen LogP contribution in [0.1, 0.15) is 29.7 Å². The van der Waals surface area contributed by atoms with Crippen LogP contribution in [0.4, 0.5) is 24.7 Å². The smallest absolute Gasteiger partial charge is 0.416 e. The summed E-state index contributed by atoms with van der Waals surface area (Å²) in [5, 5.41) is 10.1. The standard InChI is InChI=1S/C22H22F3N3O3/c1-14-7-8-19(30)18(11-14)27(2)21(31)17-6-3-9-28(17)20-13-15(22(23,24)25)12-16(26-20)5-4-10-29/h4,7-8,11-13,17,30H,3,5-6,9H2,1-2H3/t17-/m0/s1. The summed E-state index contributed by atoms with van der Waals surface area (Å²) in [7, 11) is 1.52. The molecule has 2 aromatic rings. The van der Waals surface area contributed by atoms with Gasteiger partial charge < -0.3 is 14.9 Å². The third-order valence-electron chi connectivity index (χ3n) is 5.24. The predicted molar refractivity (Wildman–Crippen MR) is 110 cm³/mol. The number of aryl methyl sites for hydroxylation is 1. The number of alkyl halides is 3. The van der Waals surface area contributed by atoms with E-state index in [9.17, 15) is 27.9 Å². The van der Waals surface area contributed by atoms with Gasteiger partial charge in [0.15, 0.2) is 0 Å². The Kier molecular flexibility index (Phi) is 6.36. The molecule has 0 aliphatic carbocycles. The van der Waals surface area contributed by atoms with Crippen molar-refractivity contribution in [2.45, 2.75) is 38.4 Å². The summed E-state index contributed by atoms with van der Waals surface area (Å²) in [5.41, 5.74) is 0.347. The highest BCUT2D eigenvalue weighted by atomic mass is 19.4. The van der Waals surface area contributed by atoms with Gasteiger partial charge in [0.2, 0.25) is 5.91 Å². The van der Waals surface area contributed by atoms with Crippen molar-refractivity contribution in [1.29, 1.82) is 0 Å². The topological polar surface area (TPSA) is 73.7 Å². The van der Waals surface area contributed by atoms with E-state index in [4.69, 9.17) is 0 Å². The van der Waals surface area contributed by atoms with Crippen molar-refractivity contribution in [2.24, 2.45) is 0 Å². The number of halogens is 3. The van der Waals surface area contributed by atoms with E-state index in [0.717, 1.165) is 23.8 Å². The van der Waals surface area contributed by atoms with Gasteiger partial charge in [0.05, 0.1) is 11.3 Å². The first kappa shape index (κ1) is 22.4. The average Bonchev–Trinajstić information content (AvgIpc) is 3.22. The first-order valence-electron chi connectivity index (χ1n) is 9.73. The SMILES string of the molecule is Cc1ccc(O)c(N(C)C(=O)[C@@H]2CCCN2c2cc(C(F)(F)F)cc(CC=C=O)n2)c1. The van der Waals surface area contributed by atoms with Crippen molar-refractivity contribution in [1.82, 2.24) is 4.98 Å². The van der Waals surface area contributed by atoms with Crippen LogP contribution in [-0.4, -0.2) is 41.6 Å². The maximum absolute atomic E-state index is 13.4. The molecule has 0 spiro atoms. The third-order valence-corrected chi connectivity index (χ3v) is 5.24. The molecule has 1 amide bonds. The van der Waals surface area contributed by atoms with Crippen LogP contribution in [0.3, 0.4) is 0 Å². The number of phenolic OH excluding ortho intramolecular Hbond substituents is 1. The van der Waals surface area contributed by atoms with Gasteiger partial charge >= 0.3 is 6.18 Å². The Morgan fingerprint density at radius 3 is 2.77 bits per heavy atom. The van der Waals surface area contributed by atoms with Crippen LogP contribution in [0.5, 0.6) is 5.75 Å². The molecule has 0 saturated carbocycles. The fourth-order valence-electron chi connectivity index (χ4n) is 3.68. The number of hydrogen-bond acceptors (Lipinski definition) is 5. The Morgan fingerprint density at radius 1 is 1.35 bits per heavy atom. The van der Waals surface area contributed by atoms with E-state index in [2.05, 4.69) is 4.98 Å². The summed E-state index contributed by atoms with van der Waals surface area (Å²) in [6.45, 7) is 2.19. The fraction of sp³-hybridized carbons (Fsp3) is 0.364. The number of aromatic nitrogens is 1. The number of nitrogens with zero attached hydrogens (tertiary/aromatic N) is 3. The number of phenols is 1. The lowest BCUT2D eigenvalue weighted by Crippen LogP contribution is -2.45. The van der Waals surface area contributed by atoms with Crippen LogP contribution in [0.15, 0.2) is 36.4 Å². The molecular weight excluding hydrogens is 411 g/mol. The molecule has 0 bridgehead atoms. The summed E-state index contributed by atoms with van der Waals surface area (Å²) >= 11 is 0.